The smallest absolute Gasteiger partial charge is 0.203 e. The summed E-state index contributed by atoms with van der Waals surface area (Å²) < 4.78 is 2.46. The molecule has 3 atom stereocenters. The molecule has 1 aliphatic heterocycles. The second-order valence-corrected chi connectivity index (χ2v) is 6.66. The van der Waals surface area contributed by atoms with Crippen molar-refractivity contribution in [3.05, 3.63) is 11.4 Å². The summed E-state index contributed by atoms with van der Waals surface area (Å²) in [6.07, 6.45) is 2.42. The van der Waals surface area contributed by atoms with E-state index in [1.165, 1.54) is 24.2 Å². The summed E-state index contributed by atoms with van der Waals surface area (Å²) in [4.78, 5) is 4.86. The zero-order valence-corrected chi connectivity index (χ0v) is 11.5. The van der Waals surface area contributed by atoms with Gasteiger partial charge in [0.15, 0.2) is 0 Å². The lowest BCUT2D eigenvalue weighted by atomic mass is 9.88. The third-order valence-corrected chi connectivity index (χ3v) is 4.37. The highest BCUT2D eigenvalue weighted by molar-refractivity contribution is 5.45. The van der Waals surface area contributed by atoms with E-state index in [1.54, 1.807) is 0 Å². The Labute approximate surface area is 104 Å². The number of rotatable bonds is 0. The lowest BCUT2D eigenvalue weighted by Gasteiger charge is -2.32. The van der Waals surface area contributed by atoms with Crippen LogP contribution in [0.2, 0.25) is 0 Å². The summed E-state index contributed by atoms with van der Waals surface area (Å²) in [5.74, 6) is 1.70. The molecule has 17 heavy (non-hydrogen) atoms. The standard InChI is InChI=1S/C14H23N3/c1-8-7-14(4,5)12-11(8)16-13-15-9(2)6-10(3)17(12)13/h8-10H,6-7H2,1-5H3,(H,15,16). The van der Waals surface area contributed by atoms with Crippen molar-refractivity contribution in [3.63, 3.8) is 0 Å². The molecule has 0 saturated carbocycles. The van der Waals surface area contributed by atoms with Gasteiger partial charge in [0.1, 0.15) is 0 Å². The van der Waals surface area contributed by atoms with Crippen molar-refractivity contribution >= 4 is 5.95 Å². The zero-order chi connectivity index (χ0) is 12.4. The molecule has 0 radical (unpaired) electrons. The van der Waals surface area contributed by atoms with Gasteiger partial charge in [0.05, 0.1) is 5.69 Å². The molecule has 3 nitrogen and oxygen atoms in total. The summed E-state index contributed by atoms with van der Waals surface area (Å²) >= 11 is 0. The van der Waals surface area contributed by atoms with Crippen LogP contribution in [0.25, 0.3) is 0 Å². The molecule has 0 aromatic carbocycles. The van der Waals surface area contributed by atoms with Crippen molar-refractivity contribution in [2.75, 3.05) is 5.32 Å². The molecule has 1 aromatic heterocycles. The fourth-order valence-electron chi connectivity index (χ4n) is 3.85. The minimum absolute atomic E-state index is 0.274. The summed E-state index contributed by atoms with van der Waals surface area (Å²) in [5, 5.41) is 3.53. The highest BCUT2D eigenvalue weighted by Crippen LogP contribution is 2.48. The van der Waals surface area contributed by atoms with Crippen LogP contribution in [-0.4, -0.2) is 15.6 Å². The van der Waals surface area contributed by atoms with Crippen molar-refractivity contribution in [2.45, 2.75) is 70.9 Å². The number of anilines is 1. The molecule has 0 bridgehead atoms. The first kappa shape index (κ1) is 11.1. The fraction of sp³-hybridized carbons (Fsp3) is 0.786. The summed E-state index contributed by atoms with van der Waals surface area (Å²) in [5.41, 5.74) is 3.08. The maximum atomic E-state index is 4.86. The zero-order valence-electron chi connectivity index (χ0n) is 11.5. The van der Waals surface area contributed by atoms with Crippen molar-refractivity contribution < 1.29 is 0 Å². The van der Waals surface area contributed by atoms with E-state index in [0.29, 0.717) is 18.0 Å². The minimum Gasteiger partial charge on any atom is -0.353 e. The van der Waals surface area contributed by atoms with E-state index in [2.05, 4.69) is 44.5 Å². The number of aromatic nitrogens is 2. The largest absolute Gasteiger partial charge is 0.353 e. The van der Waals surface area contributed by atoms with E-state index in [9.17, 15) is 0 Å². The van der Waals surface area contributed by atoms with Crippen LogP contribution in [0.3, 0.4) is 0 Å². The molecule has 0 spiro atoms. The topological polar surface area (TPSA) is 29.9 Å². The molecule has 3 heteroatoms. The van der Waals surface area contributed by atoms with Crippen molar-refractivity contribution in [2.24, 2.45) is 0 Å². The monoisotopic (exact) mass is 233 g/mol. The molecule has 2 heterocycles. The van der Waals surface area contributed by atoms with Gasteiger partial charge in [-0.05, 0) is 26.7 Å². The van der Waals surface area contributed by atoms with Crippen LogP contribution < -0.4 is 5.32 Å². The Morgan fingerprint density at radius 2 is 2.00 bits per heavy atom. The van der Waals surface area contributed by atoms with Gasteiger partial charge in [-0.25, -0.2) is 4.98 Å². The van der Waals surface area contributed by atoms with E-state index in [0.717, 1.165) is 5.95 Å². The molecule has 1 N–H and O–H groups in total. The number of hydrogen-bond acceptors (Lipinski definition) is 2. The lowest BCUT2D eigenvalue weighted by molar-refractivity contribution is 0.392. The van der Waals surface area contributed by atoms with Gasteiger partial charge in [0, 0.05) is 29.1 Å². The molecule has 1 aromatic rings. The van der Waals surface area contributed by atoms with Crippen LogP contribution in [0.15, 0.2) is 0 Å². The predicted molar refractivity (Wildman–Crippen MR) is 70.7 cm³/mol. The highest BCUT2D eigenvalue weighted by atomic mass is 15.3. The first-order valence-electron chi connectivity index (χ1n) is 6.79. The number of imidazole rings is 1. The maximum Gasteiger partial charge on any atom is 0.203 e. The average Bonchev–Trinajstić information content (AvgIpc) is 2.64. The lowest BCUT2D eigenvalue weighted by Crippen LogP contribution is -2.31. The molecule has 3 rings (SSSR count). The fourth-order valence-corrected chi connectivity index (χ4v) is 3.85. The Balaban J connectivity index is 2.18. The molecule has 0 saturated heterocycles. The van der Waals surface area contributed by atoms with Crippen molar-refractivity contribution in [3.8, 4) is 0 Å². The number of nitrogens with zero attached hydrogens (tertiary/aromatic N) is 2. The van der Waals surface area contributed by atoms with E-state index >= 15 is 0 Å². The third-order valence-electron chi connectivity index (χ3n) is 4.37. The van der Waals surface area contributed by atoms with E-state index < -0.39 is 0 Å². The van der Waals surface area contributed by atoms with Gasteiger partial charge in [0.2, 0.25) is 5.95 Å². The number of nitrogens with one attached hydrogen (secondary N) is 1. The van der Waals surface area contributed by atoms with Crippen LogP contribution in [0.4, 0.5) is 5.95 Å². The van der Waals surface area contributed by atoms with Gasteiger partial charge in [-0.2, -0.15) is 0 Å². The SMILES string of the molecule is CC1CC(C)n2c(nc3c2C(C)(C)CC3C)N1. The molecule has 3 unspecified atom stereocenters. The molecular weight excluding hydrogens is 210 g/mol. The Kier molecular flexibility index (Phi) is 2.14. The number of fused-ring (bicyclic) bond motifs is 3. The van der Waals surface area contributed by atoms with E-state index in [4.69, 9.17) is 4.98 Å². The maximum absolute atomic E-state index is 4.86. The molecule has 94 valence electrons. The molecular formula is C14H23N3. The molecule has 2 aliphatic rings. The quantitative estimate of drug-likeness (QED) is 0.744. The van der Waals surface area contributed by atoms with Crippen LogP contribution in [0.5, 0.6) is 0 Å². The molecule has 1 aliphatic carbocycles. The highest BCUT2D eigenvalue weighted by Gasteiger charge is 2.42. The van der Waals surface area contributed by atoms with Gasteiger partial charge in [-0.15, -0.1) is 0 Å². The average molecular weight is 233 g/mol. The summed E-state index contributed by atoms with van der Waals surface area (Å²) in [6.45, 7) is 11.6. The Bertz CT molecular complexity index is 458. The Morgan fingerprint density at radius 1 is 1.29 bits per heavy atom. The second kappa shape index (κ2) is 3.27. The molecule has 0 fully saturated rings. The minimum atomic E-state index is 0.274. The van der Waals surface area contributed by atoms with Crippen LogP contribution in [0.1, 0.15) is 70.8 Å². The van der Waals surface area contributed by atoms with E-state index in [-0.39, 0.29) is 5.41 Å². The number of hydrogen-bond donors (Lipinski definition) is 1. The summed E-state index contributed by atoms with van der Waals surface area (Å²) in [6, 6.07) is 1.11. The molecule has 0 amide bonds. The predicted octanol–water partition coefficient (Wildman–Crippen LogP) is 3.43. The van der Waals surface area contributed by atoms with Crippen LogP contribution >= 0.6 is 0 Å². The van der Waals surface area contributed by atoms with Gasteiger partial charge in [-0.3, -0.25) is 0 Å². The van der Waals surface area contributed by atoms with Gasteiger partial charge in [-0.1, -0.05) is 20.8 Å². The third kappa shape index (κ3) is 1.44. The normalized spacial score (nSPS) is 34.1. The Hall–Kier alpha value is -0.990. The van der Waals surface area contributed by atoms with Crippen molar-refractivity contribution in [1.82, 2.24) is 9.55 Å². The van der Waals surface area contributed by atoms with E-state index in [1.807, 2.05) is 0 Å². The first-order valence-corrected chi connectivity index (χ1v) is 6.79. The van der Waals surface area contributed by atoms with Crippen LogP contribution in [0, 0.1) is 0 Å². The Morgan fingerprint density at radius 3 is 2.71 bits per heavy atom. The van der Waals surface area contributed by atoms with Gasteiger partial charge >= 0.3 is 0 Å². The van der Waals surface area contributed by atoms with Gasteiger partial charge in [0.25, 0.3) is 0 Å². The first-order chi connectivity index (χ1) is 7.90. The van der Waals surface area contributed by atoms with Crippen molar-refractivity contribution in [1.29, 1.82) is 0 Å². The summed E-state index contributed by atoms with van der Waals surface area (Å²) in [7, 11) is 0. The second-order valence-electron chi connectivity index (χ2n) is 6.66. The van der Waals surface area contributed by atoms with Gasteiger partial charge < -0.3 is 9.88 Å². The van der Waals surface area contributed by atoms with Crippen LogP contribution in [-0.2, 0) is 5.41 Å².